The Morgan fingerprint density at radius 3 is 2.20 bits per heavy atom. The summed E-state index contributed by atoms with van der Waals surface area (Å²) in [6, 6.07) is 23.9. The van der Waals surface area contributed by atoms with Crippen molar-refractivity contribution in [3.63, 3.8) is 0 Å². The zero-order valence-corrected chi connectivity index (χ0v) is 21.1. The van der Waals surface area contributed by atoms with Crippen LogP contribution in [0.4, 0.5) is 5.69 Å². The first-order valence-corrected chi connectivity index (χ1v) is 13.3. The summed E-state index contributed by atoms with van der Waals surface area (Å²) in [5, 5.41) is 3.05. The second-order valence-electron chi connectivity index (χ2n) is 9.08. The summed E-state index contributed by atoms with van der Waals surface area (Å²) in [7, 11) is -3.95. The van der Waals surface area contributed by atoms with Crippen LogP contribution in [0.1, 0.15) is 29.5 Å². The Hall–Kier alpha value is -3.16. The van der Waals surface area contributed by atoms with Gasteiger partial charge in [-0.25, -0.2) is 8.42 Å². The number of hydrogen-bond acceptors (Lipinski definition) is 4. The Morgan fingerprint density at radius 2 is 1.54 bits per heavy atom. The number of carbonyl (C=O) groups is 1. The zero-order valence-electron chi connectivity index (χ0n) is 20.2. The number of amides is 1. The minimum absolute atomic E-state index is 0.152. The van der Waals surface area contributed by atoms with Crippen LogP contribution < -0.4 is 9.62 Å². The molecule has 1 heterocycles. The Morgan fingerprint density at radius 1 is 0.914 bits per heavy atom. The Balaban J connectivity index is 1.61. The summed E-state index contributed by atoms with van der Waals surface area (Å²) in [6.45, 7) is 5.18. The highest BCUT2D eigenvalue weighted by molar-refractivity contribution is 7.92. The van der Waals surface area contributed by atoms with Gasteiger partial charge in [-0.15, -0.1) is 0 Å². The number of aryl methyl sites for hydroxylation is 1. The third-order valence-electron chi connectivity index (χ3n) is 6.92. The van der Waals surface area contributed by atoms with Crippen molar-refractivity contribution < 1.29 is 17.9 Å². The zero-order chi connectivity index (χ0) is 24.9. The van der Waals surface area contributed by atoms with Crippen molar-refractivity contribution in [1.29, 1.82) is 0 Å². The van der Waals surface area contributed by atoms with Crippen LogP contribution in [0, 0.1) is 13.8 Å². The van der Waals surface area contributed by atoms with E-state index in [4.69, 9.17) is 4.74 Å². The van der Waals surface area contributed by atoms with E-state index in [2.05, 4.69) is 17.4 Å². The monoisotopic (exact) mass is 492 g/mol. The topological polar surface area (TPSA) is 75.7 Å². The second-order valence-corrected chi connectivity index (χ2v) is 10.9. The number of rotatable bonds is 8. The Bertz CT molecular complexity index is 1250. The molecular formula is C28H32N2O4S. The summed E-state index contributed by atoms with van der Waals surface area (Å²) < 4.78 is 34.1. The van der Waals surface area contributed by atoms with Gasteiger partial charge < -0.3 is 10.1 Å². The van der Waals surface area contributed by atoms with E-state index in [9.17, 15) is 13.2 Å². The smallest absolute Gasteiger partial charge is 0.264 e. The maximum absolute atomic E-state index is 13.7. The van der Waals surface area contributed by atoms with Crippen molar-refractivity contribution in [3.05, 3.63) is 95.6 Å². The molecule has 0 atom stereocenters. The molecule has 0 saturated carbocycles. The van der Waals surface area contributed by atoms with E-state index in [0.29, 0.717) is 25.4 Å². The van der Waals surface area contributed by atoms with Crippen LogP contribution in [0.25, 0.3) is 0 Å². The molecule has 1 aliphatic rings. The van der Waals surface area contributed by atoms with Crippen LogP contribution in [0.15, 0.2) is 83.8 Å². The molecule has 0 radical (unpaired) electrons. The van der Waals surface area contributed by atoms with Crippen molar-refractivity contribution >= 4 is 21.6 Å². The summed E-state index contributed by atoms with van der Waals surface area (Å²) in [4.78, 5) is 13.4. The van der Waals surface area contributed by atoms with Crippen molar-refractivity contribution in [1.82, 2.24) is 5.32 Å². The molecule has 3 aromatic rings. The Labute approximate surface area is 208 Å². The summed E-state index contributed by atoms with van der Waals surface area (Å²) >= 11 is 0. The van der Waals surface area contributed by atoms with E-state index in [1.165, 1.54) is 4.31 Å². The molecule has 35 heavy (non-hydrogen) atoms. The first-order chi connectivity index (χ1) is 16.8. The van der Waals surface area contributed by atoms with E-state index in [-0.39, 0.29) is 22.8 Å². The highest BCUT2D eigenvalue weighted by Gasteiger charge is 2.35. The van der Waals surface area contributed by atoms with Gasteiger partial charge in [0, 0.05) is 25.2 Å². The maximum Gasteiger partial charge on any atom is 0.264 e. The number of ether oxygens (including phenoxy) is 1. The predicted molar refractivity (Wildman–Crippen MR) is 138 cm³/mol. The fourth-order valence-corrected chi connectivity index (χ4v) is 6.10. The second kappa shape index (κ2) is 10.6. The standard InChI is InChI=1S/C28H32N2O4S/c1-22-10-9-15-26(23(22)2)30(35(32,33)25-13-7-4-8-14-25)20-27(31)29-21-28(16-18-34-19-17-28)24-11-5-3-6-12-24/h3-15H,16-21H2,1-2H3,(H,29,31). The average Bonchev–Trinajstić information content (AvgIpc) is 2.89. The third-order valence-corrected chi connectivity index (χ3v) is 8.70. The van der Waals surface area contributed by atoms with Gasteiger partial charge in [0.2, 0.25) is 5.91 Å². The van der Waals surface area contributed by atoms with E-state index in [1.54, 1.807) is 36.4 Å². The molecule has 0 spiro atoms. The summed E-state index contributed by atoms with van der Waals surface area (Å²) in [5.41, 5.74) is 3.21. The fourth-order valence-electron chi connectivity index (χ4n) is 4.60. The molecule has 3 aromatic carbocycles. The van der Waals surface area contributed by atoms with Crippen LogP contribution >= 0.6 is 0 Å². The molecule has 1 aliphatic heterocycles. The third kappa shape index (κ3) is 5.41. The van der Waals surface area contributed by atoms with Gasteiger partial charge in [0.25, 0.3) is 10.0 Å². The fraction of sp³-hybridized carbons (Fsp3) is 0.321. The average molecular weight is 493 g/mol. The summed E-state index contributed by atoms with van der Waals surface area (Å²) in [5.74, 6) is -0.341. The van der Waals surface area contributed by atoms with Crippen LogP contribution in [-0.4, -0.2) is 40.6 Å². The lowest BCUT2D eigenvalue weighted by Crippen LogP contribution is -2.48. The molecule has 0 unspecified atom stereocenters. The lowest BCUT2D eigenvalue weighted by atomic mass is 9.74. The lowest BCUT2D eigenvalue weighted by Gasteiger charge is -2.38. The highest BCUT2D eigenvalue weighted by atomic mass is 32.2. The van der Waals surface area contributed by atoms with Gasteiger partial charge in [0.15, 0.2) is 0 Å². The quantitative estimate of drug-likeness (QED) is 0.507. The molecule has 0 aliphatic carbocycles. The molecule has 1 amide bonds. The van der Waals surface area contributed by atoms with Crippen molar-refractivity contribution in [2.75, 3.05) is 30.6 Å². The van der Waals surface area contributed by atoms with Crippen molar-refractivity contribution in [2.24, 2.45) is 0 Å². The van der Waals surface area contributed by atoms with E-state index in [0.717, 1.165) is 29.5 Å². The molecule has 184 valence electrons. The van der Waals surface area contributed by atoms with Gasteiger partial charge >= 0.3 is 0 Å². The number of benzene rings is 3. The molecule has 0 aromatic heterocycles. The maximum atomic E-state index is 13.7. The number of nitrogens with zero attached hydrogens (tertiary/aromatic N) is 1. The summed E-state index contributed by atoms with van der Waals surface area (Å²) in [6.07, 6.45) is 1.58. The SMILES string of the molecule is Cc1cccc(N(CC(=O)NCC2(c3ccccc3)CCOCC2)S(=O)(=O)c2ccccc2)c1C. The van der Waals surface area contributed by atoms with Crippen LogP contribution in [0.2, 0.25) is 0 Å². The molecule has 1 saturated heterocycles. The minimum Gasteiger partial charge on any atom is -0.381 e. The van der Waals surface area contributed by atoms with Crippen LogP contribution in [-0.2, 0) is 25.0 Å². The molecular weight excluding hydrogens is 460 g/mol. The van der Waals surface area contributed by atoms with Gasteiger partial charge in [-0.1, -0.05) is 60.7 Å². The molecule has 1 N–H and O–H groups in total. The van der Waals surface area contributed by atoms with Crippen molar-refractivity contribution in [3.8, 4) is 0 Å². The molecule has 0 bridgehead atoms. The van der Waals surface area contributed by atoms with Gasteiger partial charge in [-0.3, -0.25) is 9.10 Å². The normalized spacial score (nSPS) is 15.4. The minimum atomic E-state index is -3.95. The van der Waals surface area contributed by atoms with Gasteiger partial charge in [0.1, 0.15) is 6.54 Å². The molecule has 4 rings (SSSR count). The lowest BCUT2D eigenvalue weighted by molar-refractivity contribution is -0.120. The van der Waals surface area contributed by atoms with E-state index < -0.39 is 10.0 Å². The molecule has 7 heteroatoms. The van der Waals surface area contributed by atoms with E-state index >= 15 is 0 Å². The van der Waals surface area contributed by atoms with Crippen LogP contribution in [0.3, 0.4) is 0 Å². The van der Waals surface area contributed by atoms with Gasteiger partial charge in [-0.2, -0.15) is 0 Å². The van der Waals surface area contributed by atoms with E-state index in [1.807, 2.05) is 44.2 Å². The largest absolute Gasteiger partial charge is 0.381 e. The molecule has 6 nitrogen and oxygen atoms in total. The predicted octanol–water partition coefficient (Wildman–Crippen LogP) is 4.36. The molecule has 1 fully saturated rings. The number of nitrogens with one attached hydrogen (secondary N) is 1. The van der Waals surface area contributed by atoms with Crippen molar-refractivity contribution in [2.45, 2.75) is 37.0 Å². The highest BCUT2D eigenvalue weighted by Crippen LogP contribution is 2.34. The number of carbonyl (C=O) groups excluding carboxylic acids is 1. The number of hydrogen-bond donors (Lipinski definition) is 1. The van der Waals surface area contributed by atoms with Gasteiger partial charge in [-0.05, 0) is 61.6 Å². The first kappa shape index (κ1) is 24.9. The number of anilines is 1. The Kier molecular flexibility index (Phi) is 7.57. The van der Waals surface area contributed by atoms with Gasteiger partial charge in [0.05, 0.1) is 10.6 Å². The number of sulfonamides is 1. The van der Waals surface area contributed by atoms with Crippen LogP contribution in [0.5, 0.6) is 0 Å². The first-order valence-electron chi connectivity index (χ1n) is 11.9.